The Morgan fingerprint density at radius 3 is 2.76 bits per heavy atom. The zero-order chi connectivity index (χ0) is 12.8. The molecule has 0 aromatic heterocycles. The summed E-state index contributed by atoms with van der Waals surface area (Å²) in [7, 11) is 0. The minimum atomic E-state index is 0.161. The third-order valence-corrected chi connectivity index (χ3v) is 2.10. The van der Waals surface area contributed by atoms with Gasteiger partial charge in [-0.2, -0.15) is 0 Å². The number of unbranched alkanes of at least 4 members (excludes halogenated alkanes) is 1. The molecule has 0 rings (SSSR count). The molecule has 0 aliphatic carbocycles. The van der Waals surface area contributed by atoms with E-state index in [1.165, 1.54) is 0 Å². The average molecular weight is 239 g/mol. The van der Waals surface area contributed by atoms with Gasteiger partial charge in [-0.15, -0.1) is 6.58 Å². The molecule has 0 aliphatic heterocycles. The summed E-state index contributed by atoms with van der Waals surface area (Å²) in [6.45, 7) is 7.00. The molecule has 0 saturated carbocycles. The number of nitrogens with zero attached hydrogens (tertiary/aromatic N) is 3. The number of carbonyl (C=O) groups is 1. The lowest BCUT2D eigenvalue weighted by molar-refractivity contribution is -0.117. The zero-order valence-electron chi connectivity index (χ0n) is 10.2. The number of hydrogen-bond acceptors (Lipinski definition) is 4. The van der Waals surface area contributed by atoms with Crippen molar-refractivity contribution in [2.24, 2.45) is 5.11 Å². The van der Waals surface area contributed by atoms with Crippen LogP contribution in [0.15, 0.2) is 17.8 Å². The van der Waals surface area contributed by atoms with Gasteiger partial charge in [0.2, 0.25) is 0 Å². The quantitative estimate of drug-likeness (QED) is 0.177. The Morgan fingerprint density at radius 2 is 2.06 bits per heavy atom. The van der Waals surface area contributed by atoms with Crippen molar-refractivity contribution in [3.8, 4) is 0 Å². The summed E-state index contributed by atoms with van der Waals surface area (Å²) in [5.41, 5.74) is 8.05. The van der Waals surface area contributed by atoms with Crippen molar-refractivity contribution in [3.05, 3.63) is 23.1 Å². The highest BCUT2D eigenvalue weighted by molar-refractivity contribution is 5.81. The normalized spacial score (nSPS) is 9.65. The maximum atomic E-state index is 11.1. The molecule has 0 atom stereocenters. The first-order valence-corrected chi connectivity index (χ1v) is 5.86. The van der Waals surface area contributed by atoms with E-state index in [9.17, 15) is 4.79 Å². The zero-order valence-corrected chi connectivity index (χ0v) is 10.2. The number of carbonyl (C=O) groups excluding carboxylic acids is 1. The van der Waals surface area contributed by atoms with Crippen LogP contribution in [0, 0.1) is 0 Å². The second kappa shape index (κ2) is 12.7. The van der Waals surface area contributed by atoms with Gasteiger partial charge in [0.1, 0.15) is 5.78 Å². The van der Waals surface area contributed by atoms with E-state index in [0.717, 1.165) is 32.5 Å². The molecule has 0 aromatic rings. The van der Waals surface area contributed by atoms with Crippen LogP contribution in [0.5, 0.6) is 0 Å². The number of hydrogen-bond donors (Lipinski definition) is 2. The van der Waals surface area contributed by atoms with Gasteiger partial charge >= 0.3 is 0 Å². The second-order valence-electron chi connectivity index (χ2n) is 3.62. The third kappa shape index (κ3) is 12.6. The van der Waals surface area contributed by atoms with Gasteiger partial charge in [0.15, 0.2) is 0 Å². The molecule has 0 heterocycles. The van der Waals surface area contributed by atoms with E-state index in [4.69, 9.17) is 5.53 Å². The van der Waals surface area contributed by atoms with Crippen LogP contribution in [0.1, 0.15) is 19.3 Å². The number of Topliss-reactive ketones (excluding diaryl/α,β-unsaturated/α-hetero) is 1. The van der Waals surface area contributed by atoms with E-state index < -0.39 is 0 Å². The molecule has 17 heavy (non-hydrogen) atoms. The predicted octanol–water partition coefficient (Wildman–Crippen LogP) is 1.40. The maximum Gasteiger partial charge on any atom is 0.150 e. The van der Waals surface area contributed by atoms with Gasteiger partial charge in [0.25, 0.3) is 0 Å². The lowest BCUT2D eigenvalue weighted by Crippen LogP contribution is -2.31. The standard InChI is InChI=1S/C11H21N5O/c1-2-5-11(17)10-14-9-8-13-6-3-4-7-15-16-12/h2,13-14H,1,3-10H2. The van der Waals surface area contributed by atoms with Crippen LogP contribution in [0.2, 0.25) is 0 Å². The van der Waals surface area contributed by atoms with Gasteiger partial charge in [-0.1, -0.05) is 11.2 Å². The molecule has 0 bridgehead atoms. The highest BCUT2D eigenvalue weighted by Gasteiger charge is 1.96. The number of nitrogens with one attached hydrogen (secondary N) is 2. The molecule has 2 N–H and O–H groups in total. The van der Waals surface area contributed by atoms with Crippen molar-refractivity contribution in [1.29, 1.82) is 0 Å². The smallest absolute Gasteiger partial charge is 0.150 e. The fourth-order valence-corrected chi connectivity index (χ4v) is 1.24. The van der Waals surface area contributed by atoms with E-state index in [0.29, 0.717) is 19.5 Å². The van der Waals surface area contributed by atoms with E-state index in [1.54, 1.807) is 6.08 Å². The summed E-state index contributed by atoms with van der Waals surface area (Å²) >= 11 is 0. The first-order valence-electron chi connectivity index (χ1n) is 5.86. The summed E-state index contributed by atoms with van der Waals surface area (Å²) < 4.78 is 0. The Balaban J connectivity index is 3.10. The average Bonchev–Trinajstić information content (AvgIpc) is 2.32. The van der Waals surface area contributed by atoms with Crippen molar-refractivity contribution >= 4 is 5.78 Å². The van der Waals surface area contributed by atoms with Gasteiger partial charge in [0.05, 0.1) is 6.54 Å². The largest absolute Gasteiger partial charge is 0.315 e. The van der Waals surface area contributed by atoms with Gasteiger partial charge in [-0.3, -0.25) is 4.79 Å². The fraction of sp³-hybridized carbons (Fsp3) is 0.727. The summed E-state index contributed by atoms with van der Waals surface area (Å²) in [6, 6.07) is 0. The SMILES string of the molecule is C=CCC(=O)CNCCNCCCCN=[N+]=[N-]. The van der Waals surface area contributed by atoms with Crippen LogP contribution in [0.25, 0.3) is 10.4 Å². The molecule has 0 fully saturated rings. The Hall–Kier alpha value is -1.36. The molecule has 6 nitrogen and oxygen atoms in total. The molecule has 0 aliphatic rings. The van der Waals surface area contributed by atoms with E-state index >= 15 is 0 Å². The summed E-state index contributed by atoms with van der Waals surface area (Å²) in [5.74, 6) is 0.161. The van der Waals surface area contributed by atoms with Crippen LogP contribution >= 0.6 is 0 Å². The Labute approximate surface area is 102 Å². The Morgan fingerprint density at radius 1 is 1.29 bits per heavy atom. The number of allylic oxidation sites excluding steroid dienone is 1. The maximum absolute atomic E-state index is 11.1. The van der Waals surface area contributed by atoms with Crippen LogP contribution in [0.3, 0.4) is 0 Å². The lowest BCUT2D eigenvalue weighted by Gasteiger charge is -2.05. The molecule has 0 aromatic carbocycles. The number of rotatable bonds is 12. The summed E-state index contributed by atoms with van der Waals surface area (Å²) in [6.07, 6.45) is 3.95. The van der Waals surface area contributed by atoms with E-state index in [1.807, 2.05) is 0 Å². The summed E-state index contributed by atoms with van der Waals surface area (Å²) in [5, 5.41) is 9.74. The van der Waals surface area contributed by atoms with Crippen molar-refractivity contribution in [1.82, 2.24) is 10.6 Å². The van der Waals surface area contributed by atoms with E-state index in [2.05, 4.69) is 27.2 Å². The lowest BCUT2D eigenvalue weighted by atomic mass is 10.3. The van der Waals surface area contributed by atoms with Crippen LogP contribution in [-0.4, -0.2) is 38.5 Å². The van der Waals surface area contributed by atoms with Crippen LogP contribution in [0.4, 0.5) is 0 Å². The second-order valence-corrected chi connectivity index (χ2v) is 3.62. The summed E-state index contributed by atoms with van der Waals surface area (Å²) in [4.78, 5) is 13.8. The topological polar surface area (TPSA) is 89.9 Å². The number of azide groups is 1. The molecular formula is C11H21N5O. The fourth-order valence-electron chi connectivity index (χ4n) is 1.24. The highest BCUT2D eigenvalue weighted by atomic mass is 16.1. The minimum Gasteiger partial charge on any atom is -0.315 e. The van der Waals surface area contributed by atoms with E-state index in [-0.39, 0.29) is 5.78 Å². The van der Waals surface area contributed by atoms with Gasteiger partial charge in [0, 0.05) is 31.0 Å². The van der Waals surface area contributed by atoms with Crippen LogP contribution in [-0.2, 0) is 4.79 Å². The highest BCUT2D eigenvalue weighted by Crippen LogP contribution is 1.87. The Kier molecular flexibility index (Phi) is 11.7. The van der Waals surface area contributed by atoms with Crippen LogP contribution < -0.4 is 10.6 Å². The Bertz CT molecular complexity index is 261. The van der Waals surface area contributed by atoms with Crippen molar-refractivity contribution in [3.63, 3.8) is 0 Å². The van der Waals surface area contributed by atoms with Crippen molar-refractivity contribution < 1.29 is 4.79 Å². The molecule has 0 amide bonds. The molecule has 0 unspecified atom stereocenters. The van der Waals surface area contributed by atoms with Gasteiger partial charge < -0.3 is 10.6 Å². The van der Waals surface area contributed by atoms with Crippen molar-refractivity contribution in [2.75, 3.05) is 32.7 Å². The van der Waals surface area contributed by atoms with Gasteiger partial charge in [-0.05, 0) is 24.9 Å². The minimum absolute atomic E-state index is 0.161. The third-order valence-electron chi connectivity index (χ3n) is 2.10. The van der Waals surface area contributed by atoms with Crippen molar-refractivity contribution in [2.45, 2.75) is 19.3 Å². The number of ketones is 1. The molecular weight excluding hydrogens is 218 g/mol. The first kappa shape index (κ1) is 15.6. The molecule has 6 heteroatoms. The molecule has 0 saturated heterocycles. The monoisotopic (exact) mass is 239 g/mol. The first-order chi connectivity index (χ1) is 8.31. The molecule has 0 spiro atoms. The predicted molar refractivity (Wildman–Crippen MR) is 68.8 cm³/mol. The molecule has 0 radical (unpaired) electrons. The van der Waals surface area contributed by atoms with Gasteiger partial charge in [-0.25, -0.2) is 0 Å². The molecule has 96 valence electrons.